The van der Waals surface area contributed by atoms with E-state index in [0.717, 1.165) is 30.1 Å². The Morgan fingerprint density at radius 1 is 1.27 bits per heavy atom. The van der Waals surface area contributed by atoms with Gasteiger partial charge in [0.2, 0.25) is 5.91 Å². The van der Waals surface area contributed by atoms with Crippen LogP contribution in [0.4, 0.5) is 0 Å². The fraction of sp³-hybridized carbons (Fsp3) is 0.304. The Kier molecular flexibility index (Phi) is 6.01. The Balaban J connectivity index is 1.50. The van der Waals surface area contributed by atoms with Gasteiger partial charge in [-0.3, -0.25) is 4.79 Å². The van der Waals surface area contributed by atoms with Gasteiger partial charge >= 0.3 is 5.69 Å². The molecule has 1 aliphatic heterocycles. The monoisotopic (exact) mass is 465 g/mol. The average Bonchev–Trinajstić information content (AvgIpc) is 3.47. The molecule has 1 fully saturated rings. The zero-order chi connectivity index (χ0) is 22.8. The van der Waals surface area contributed by atoms with Crippen LogP contribution >= 0.6 is 11.8 Å². The van der Waals surface area contributed by atoms with Crippen molar-refractivity contribution in [3.8, 4) is 5.75 Å². The summed E-state index contributed by atoms with van der Waals surface area (Å²) in [6.07, 6.45) is 1.96. The van der Waals surface area contributed by atoms with Crippen LogP contribution in [0.25, 0.3) is 16.7 Å². The van der Waals surface area contributed by atoms with Crippen LogP contribution in [0.3, 0.4) is 0 Å². The SMILES string of the molecule is COc1cccc(Sc2nc3ccccc3n3c(=O)n(CC(=O)NC[C@H]4CCCO4)nc23)c1. The summed E-state index contributed by atoms with van der Waals surface area (Å²) >= 11 is 1.39. The van der Waals surface area contributed by atoms with Gasteiger partial charge in [-0.15, -0.1) is 5.10 Å². The molecule has 170 valence electrons. The maximum absolute atomic E-state index is 13.2. The highest BCUT2D eigenvalue weighted by atomic mass is 32.2. The molecule has 0 saturated carbocycles. The molecule has 2 aromatic heterocycles. The Hall–Kier alpha value is -3.37. The number of nitrogens with one attached hydrogen (secondary N) is 1. The highest BCUT2D eigenvalue weighted by Crippen LogP contribution is 2.32. The number of nitrogens with zero attached hydrogens (tertiary/aromatic N) is 4. The summed E-state index contributed by atoms with van der Waals surface area (Å²) in [6.45, 7) is 0.980. The van der Waals surface area contributed by atoms with E-state index in [0.29, 0.717) is 28.3 Å². The lowest BCUT2D eigenvalue weighted by molar-refractivity contribution is -0.122. The van der Waals surface area contributed by atoms with Crippen LogP contribution in [0.1, 0.15) is 12.8 Å². The average molecular weight is 466 g/mol. The highest BCUT2D eigenvalue weighted by Gasteiger charge is 2.20. The molecule has 0 unspecified atom stereocenters. The van der Waals surface area contributed by atoms with Crippen LogP contribution < -0.4 is 15.7 Å². The highest BCUT2D eigenvalue weighted by molar-refractivity contribution is 7.99. The number of ether oxygens (including phenoxy) is 2. The van der Waals surface area contributed by atoms with Gasteiger partial charge in [0.15, 0.2) is 5.65 Å². The number of rotatable bonds is 7. The van der Waals surface area contributed by atoms with E-state index in [4.69, 9.17) is 14.5 Å². The topological polar surface area (TPSA) is 99.8 Å². The lowest BCUT2D eigenvalue weighted by atomic mass is 10.2. The van der Waals surface area contributed by atoms with Crippen molar-refractivity contribution in [1.29, 1.82) is 0 Å². The fourth-order valence-electron chi connectivity index (χ4n) is 3.84. The first-order valence-electron chi connectivity index (χ1n) is 10.7. The zero-order valence-electron chi connectivity index (χ0n) is 18.1. The van der Waals surface area contributed by atoms with Crippen LogP contribution in [-0.4, -0.2) is 51.4 Å². The summed E-state index contributed by atoms with van der Waals surface area (Å²) in [5.74, 6) is 0.443. The number of carbonyl (C=O) groups is 1. The van der Waals surface area contributed by atoms with Crippen molar-refractivity contribution in [2.45, 2.75) is 35.4 Å². The molecule has 0 aliphatic carbocycles. The quantitative estimate of drug-likeness (QED) is 0.448. The van der Waals surface area contributed by atoms with Gasteiger partial charge in [-0.2, -0.15) is 0 Å². The van der Waals surface area contributed by atoms with Gasteiger partial charge in [-0.1, -0.05) is 30.0 Å². The van der Waals surface area contributed by atoms with Crippen LogP contribution in [0, 0.1) is 0 Å². The second kappa shape index (κ2) is 9.24. The first-order chi connectivity index (χ1) is 16.1. The van der Waals surface area contributed by atoms with Crippen molar-refractivity contribution >= 4 is 34.3 Å². The maximum Gasteiger partial charge on any atom is 0.351 e. The number of hydrogen-bond donors (Lipinski definition) is 1. The number of methoxy groups -OCH3 is 1. The molecule has 1 atom stereocenters. The molecule has 9 nitrogen and oxygen atoms in total. The van der Waals surface area contributed by atoms with Crippen LogP contribution in [0.15, 0.2) is 63.2 Å². The molecular weight excluding hydrogens is 442 g/mol. The van der Waals surface area contributed by atoms with E-state index in [2.05, 4.69) is 10.4 Å². The second-order valence-electron chi connectivity index (χ2n) is 7.73. The molecule has 1 N–H and O–H groups in total. The van der Waals surface area contributed by atoms with Gasteiger partial charge in [-0.05, 0) is 43.2 Å². The molecule has 1 amide bonds. The minimum Gasteiger partial charge on any atom is -0.497 e. The number of para-hydroxylation sites is 2. The molecule has 1 aliphatic rings. The van der Waals surface area contributed by atoms with E-state index in [1.165, 1.54) is 20.8 Å². The molecule has 0 bridgehead atoms. The Morgan fingerprint density at radius 3 is 2.97 bits per heavy atom. The van der Waals surface area contributed by atoms with E-state index in [1.807, 2.05) is 48.5 Å². The molecule has 0 radical (unpaired) electrons. The van der Waals surface area contributed by atoms with Crippen molar-refractivity contribution < 1.29 is 14.3 Å². The van der Waals surface area contributed by atoms with Gasteiger partial charge in [-0.25, -0.2) is 18.9 Å². The number of benzene rings is 2. The minimum atomic E-state index is -0.386. The van der Waals surface area contributed by atoms with Gasteiger partial charge in [0.25, 0.3) is 0 Å². The van der Waals surface area contributed by atoms with E-state index in [-0.39, 0.29) is 24.2 Å². The lowest BCUT2D eigenvalue weighted by Gasteiger charge is -2.10. The molecule has 1 saturated heterocycles. The normalized spacial score (nSPS) is 15.8. The number of carbonyl (C=O) groups excluding carboxylic acids is 1. The van der Waals surface area contributed by atoms with Gasteiger partial charge in [0, 0.05) is 18.0 Å². The Morgan fingerprint density at radius 2 is 2.15 bits per heavy atom. The largest absolute Gasteiger partial charge is 0.497 e. The van der Waals surface area contributed by atoms with Crippen molar-refractivity contribution in [2.24, 2.45) is 0 Å². The first kappa shape index (κ1) is 21.5. The van der Waals surface area contributed by atoms with Crippen LogP contribution in [-0.2, 0) is 16.1 Å². The number of fused-ring (bicyclic) bond motifs is 3. The standard InChI is InChI=1S/C23H23N5O4S/c1-31-15-6-4-8-17(12-15)33-22-21-26-27(14-20(29)24-13-16-7-5-11-32-16)23(30)28(21)19-10-3-2-9-18(19)25-22/h2-4,6,8-10,12,16H,5,7,11,13-14H2,1H3,(H,24,29)/t16-/m1/s1. The van der Waals surface area contributed by atoms with Gasteiger partial charge < -0.3 is 14.8 Å². The smallest absolute Gasteiger partial charge is 0.351 e. The summed E-state index contributed by atoms with van der Waals surface area (Å²) in [5, 5.41) is 7.89. The number of aromatic nitrogens is 4. The van der Waals surface area contributed by atoms with E-state index in [1.54, 1.807) is 7.11 Å². The Labute approximate surface area is 193 Å². The van der Waals surface area contributed by atoms with Gasteiger partial charge in [0.1, 0.15) is 17.3 Å². The first-order valence-corrected chi connectivity index (χ1v) is 11.5. The van der Waals surface area contributed by atoms with E-state index < -0.39 is 0 Å². The van der Waals surface area contributed by atoms with E-state index in [9.17, 15) is 9.59 Å². The minimum absolute atomic E-state index is 0.0331. The molecule has 4 aromatic rings. The fourth-order valence-corrected chi connectivity index (χ4v) is 4.76. The summed E-state index contributed by atoms with van der Waals surface area (Å²) < 4.78 is 13.6. The molecular formula is C23H23N5O4S. The third-order valence-corrected chi connectivity index (χ3v) is 6.43. The van der Waals surface area contributed by atoms with Crippen LogP contribution in [0.2, 0.25) is 0 Å². The Bertz CT molecular complexity index is 1380. The maximum atomic E-state index is 13.2. The number of amides is 1. The second-order valence-corrected chi connectivity index (χ2v) is 8.79. The lowest BCUT2D eigenvalue weighted by Crippen LogP contribution is -2.36. The number of hydrogen-bond acceptors (Lipinski definition) is 7. The summed E-state index contributed by atoms with van der Waals surface area (Å²) in [4.78, 5) is 31.4. The van der Waals surface area contributed by atoms with Crippen LogP contribution in [0.5, 0.6) is 5.75 Å². The zero-order valence-corrected chi connectivity index (χ0v) is 18.9. The third-order valence-electron chi connectivity index (χ3n) is 5.48. The molecule has 2 aromatic carbocycles. The molecule has 33 heavy (non-hydrogen) atoms. The van der Waals surface area contributed by atoms with Crippen molar-refractivity contribution in [1.82, 2.24) is 24.5 Å². The van der Waals surface area contributed by atoms with Crippen molar-refractivity contribution in [3.63, 3.8) is 0 Å². The molecule has 10 heteroatoms. The summed E-state index contributed by atoms with van der Waals surface area (Å²) in [5.41, 5.74) is 1.32. The summed E-state index contributed by atoms with van der Waals surface area (Å²) in [7, 11) is 1.61. The van der Waals surface area contributed by atoms with Crippen molar-refractivity contribution in [2.75, 3.05) is 20.3 Å². The van der Waals surface area contributed by atoms with Crippen molar-refractivity contribution in [3.05, 3.63) is 59.0 Å². The molecule has 5 rings (SSSR count). The predicted molar refractivity (Wildman–Crippen MR) is 124 cm³/mol. The molecule has 3 heterocycles. The van der Waals surface area contributed by atoms with E-state index >= 15 is 0 Å². The van der Waals surface area contributed by atoms with Gasteiger partial charge in [0.05, 0.1) is 24.2 Å². The third kappa shape index (κ3) is 4.44. The predicted octanol–water partition coefficient (Wildman–Crippen LogP) is 2.50. The summed E-state index contributed by atoms with van der Waals surface area (Å²) in [6, 6.07) is 15.0. The molecule has 0 spiro atoms.